The third-order valence-corrected chi connectivity index (χ3v) is 3.03. The molecule has 1 rings (SSSR count). The Labute approximate surface area is 101 Å². The Hall–Kier alpha value is -0.520. The van der Waals surface area contributed by atoms with Crippen molar-refractivity contribution in [2.45, 2.75) is 33.3 Å². The quantitative estimate of drug-likeness (QED) is 0.708. The van der Waals surface area contributed by atoms with E-state index in [1.54, 1.807) is 18.4 Å². The lowest BCUT2D eigenvalue weighted by Crippen LogP contribution is -2.21. The van der Waals surface area contributed by atoms with Gasteiger partial charge in [-0.25, -0.2) is 0 Å². The molecule has 0 atom stereocenters. The van der Waals surface area contributed by atoms with E-state index in [-0.39, 0.29) is 0 Å². The highest BCUT2D eigenvalue weighted by Crippen LogP contribution is 2.11. The molecule has 1 aromatic rings. The van der Waals surface area contributed by atoms with Gasteiger partial charge in [-0.2, -0.15) is 0 Å². The lowest BCUT2D eigenvalue weighted by molar-refractivity contribution is 0.184. The van der Waals surface area contributed by atoms with Crippen molar-refractivity contribution in [3.8, 4) is 0 Å². The third-order valence-electron chi connectivity index (χ3n) is 2.07. The summed E-state index contributed by atoms with van der Waals surface area (Å²) < 4.78 is 5.01. The number of methoxy groups -OCH3 is 1. The first-order valence-electron chi connectivity index (χ1n) is 5.73. The van der Waals surface area contributed by atoms with Gasteiger partial charge in [0.25, 0.3) is 0 Å². The van der Waals surface area contributed by atoms with Gasteiger partial charge >= 0.3 is 0 Å². The number of nitrogens with zero attached hydrogens (tertiary/aromatic N) is 2. The summed E-state index contributed by atoms with van der Waals surface area (Å²) in [7, 11) is 1.68. The minimum Gasteiger partial charge on any atom is -0.377 e. The minimum absolute atomic E-state index is 0.573. The van der Waals surface area contributed by atoms with Crippen LogP contribution < -0.4 is 5.32 Å². The second kappa shape index (κ2) is 7.70. The van der Waals surface area contributed by atoms with Gasteiger partial charge in [0.2, 0.25) is 0 Å². The largest absolute Gasteiger partial charge is 0.377 e. The summed E-state index contributed by atoms with van der Waals surface area (Å²) in [4.78, 5) is 0. The van der Waals surface area contributed by atoms with Crippen LogP contribution in [0, 0.1) is 5.92 Å². The van der Waals surface area contributed by atoms with Crippen LogP contribution in [0.25, 0.3) is 0 Å². The second-order valence-corrected chi connectivity index (χ2v) is 5.37. The lowest BCUT2D eigenvalue weighted by atomic mass is 10.2. The van der Waals surface area contributed by atoms with Gasteiger partial charge in [-0.05, 0) is 25.4 Å². The van der Waals surface area contributed by atoms with Gasteiger partial charge in [0.15, 0.2) is 0 Å². The second-order valence-electron chi connectivity index (χ2n) is 4.22. The van der Waals surface area contributed by atoms with E-state index in [4.69, 9.17) is 4.74 Å². The zero-order chi connectivity index (χ0) is 11.8. The maximum absolute atomic E-state index is 5.01. The summed E-state index contributed by atoms with van der Waals surface area (Å²) in [6.07, 6.45) is 2.13. The van der Waals surface area contributed by atoms with E-state index in [2.05, 4.69) is 29.4 Å². The van der Waals surface area contributed by atoms with Crippen molar-refractivity contribution in [2.75, 3.05) is 20.2 Å². The van der Waals surface area contributed by atoms with Gasteiger partial charge in [0.1, 0.15) is 10.0 Å². The molecule has 0 spiro atoms. The summed E-state index contributed by atoms with van der Waals surface area (Å²) in [5.41, 5.74) is 0. The molecular formula is C11H21N3OS. The smallest absolute Gasteiger partial charge is 0.143 e. The average molecular weight is 243 g/mol. The first-order valence-corrected chi connectivity index (χ1v) is 6.55. The maximum Gasteiger partial charge on any atom is 0.143 e. The van der Waals surface area contributed by atoms with E-state index < -0.39 is 0 Å². The topological polar surface area (TPSA) is 47.0 Å². The summed E-state index contributed by atoms with van der Waals surface area (Å²) in [6, 6.07) is 0. The van der Waals surface area contributed by atoms with Crippen LogP contribution in [0.15, 0.2) is 0 Å². The summed E-state index contributed by atoms with van der Waals surface area (Å²) >= 11 is 1.65. The molecule has 1 heterocycles. The van der Waals surface area contributed by atoms with Crippen LogP contribution in [0.5, 0.6) is 0 Å². The molecule has 0 bridgehead atoms. The van der Waals surface area contributed by atoms with E-state index in [1.807, 2.05) is 0 Å². The van der Waals surface area contributed by atoms with Gasteiger partial charge in [0.05, 0.1) is 6.61 Å². The molecule has 0 saturated heterocycles. The molecule has 0 aliphatic carbocycles. The first-order chi connectivity index (χ1) is 7.72. The van der Waals surface area contributed by atoms with Gasteiger partial charge in [0, 0.05) is 13.5 Å². The molecule has 0 aromatic carbocycles. The molecule has 0 saturated carbocycles. The molecule has 4 nitrogen and oxygen atoms in total. The zero-order valence-corrected chi connectivity index (χ0v) is 11.1. The monoisotopic (exact) mass is 243 g/mol. The van der Waals surface area contributed by atoms with Crippen molar-refractivity contribution in [3.63, 3.8) is 0 Å². The number of aryl methyl sites for hydroxylation is 1. The predicted molar refractivity (Wildman–Crippen MR) is 66.7 cm³/mol. The van der Waals surface area contributed by atoms with E-state index in [0.717, 1.165) is 41.9 Å². The van der Waals surface area contributed by atoms with Crippen molar-refractivity contribution >= 4 is 11.3 Å². The molecular weight excluding hydrogens is 222 g/mol. The molecule has 0 aliphatic heterocycles. The summed E-state index contributed by atoms with van der Waals surface area (Å²) in [6.45, 7) is 7.15. The summed E-state index contributed by atoms with van der Waals surface area (Å²) in [5, 5.41) is 13.7. The molecule has 0 unspecified atom stereocenters. The van der Waals surface area contributed by atoms with Crippen LogP contribution in [-0.2, 0) is 17.8 Å². The third kappa shape index (κ3) is 5.53. The van der Waals surface area contributed by atoms with E-state index >= 15 is 0 Å². The molecule has 0 aliphatic rings. The molecule has 1 N–H and O–H groups in total. The zero-order valence-electron chi connectivity index (χ0n) is 10.3. The van der Waals surface area contributed by atoms with Crippen LogP contribution in [0.2, 0.25) is 0 Å². The van der Waals surface area contributed by atoms with Crippen molar-refractivity contribution in [2.24, 2.45) is 5.92 Å². The SMILES string of the molecule is COCc1nnc(CCCNCC(C)C)s1. The summed E-state index contributed by atoms with van der Waals surface area (Å²) in [5.74, 6) is 0.717. The Kier molecular flexibility index (Phi) is 6.52. The number of rotatable bonds is 8. The van der Waals surface area contributed by atoms with Crippen molar-refractivity contribution in [3.05, 3.63) is 10.0 Å². The van der Waals surface area contributed by atoms with E-state index in [1.165, 1.54) is 0 Å². The number of hydrogen-bond donors (Lipinski definition) is 1. The molecule has 0 fully saturated rings. The van der Waals surface area contributed by atoms with Crippen LogP contribution in [0.4, 0.5) is 0 Å². The molecule has 92 valence electrons. The number of aromatic nitrogens is 2. The standard InChI is InChI=1S/C11H21N3OS/c1-9(2)7-12-6-4-5-10-13-14-11(16-10)8-15-3/h9,12H,4-8H2,1-3H3. The van der Waals surface area contributed by atoms with E-state index in [9.17, 15) is 0 Å². The highest BCUT2D eigenvalue weighted by Gasteiger charge is 2.03. The molecule has 5 heteroatoms. The van der Waals surface area contributed by atoms with Gasteiger partial charge in [-0.1, -0.05) is 25.2 Å². The maximum atomic E-state index is 5.01. The lowest BCUT2D eigenvalue weighted by Gasteiger charge is -2.05. The fraction of sp³-hybridized carbons (Fsp3) is 0.818. The Morgan fingerprint density at radius 2 is 2.06 bits per heavy atom. The Morgan fingerprint density at radius 1 is 1.31 bits per heavy atom. The highest BCUT2D eigenvalue weighted by atomic mass is 32.1. The molecule has 0 amide bonds. The molecule has 1 aromatic heterocycles. The Balaban J connectivity index is 2.12. The fourth-order valence-corrected chi connectivity index (χ4v) is 2.19. The van der Waals surface area contributed by atoms with Crippen molar-refractivity contribution in [1.82, 2.24) is 15.5 Å². The fourth-order valence-electron chi connectivity index (χ4n) is 1.33. The van der Waals surface area contributed by atoms with Crippen molar-refractivity contribution < 1.29 is 4.74 Å². The van der Waals surface area contributed by atoms with Crippen molar-refractivity contribution in [1.29, 1.82) is 0 Å². The number of nitrogens with one attached hydrogen (secondary N) is 1. The normalized spacial score (nSPS) is 11.2. The average Bonchev–Trinajstić information content (AvgIpc) is 2.65. The van der Waals surface area contributed by atoms with Crippen LogP contribution >= 0.6 is 11.3 Å². The van der Waals surface area contributed by atoms with Crippen LogP contribution in [0.1, 0.15) is 30.3 Å². The number of ether oxygens (including phenoxy) is 1. The Bertz CT molecular complexity index is 289. The van der Waals surface area contributed by atoms with Gasteiger partial charge in [-0.15, -0.1) is 10.2 Å². The van der Waals surface area contributed by atoms with E-state index in [0.29, 0.717) is 6.61 Å². The van der Waals surface area contributed by atoms with Gasteiger partial charge in [-0.3, -0.25) is 0 Å². The Morgan fingerprint density at radius 3 is 2.75 bits per heavy atom. The minimum atomic E-state index is 0.573. The highest BCUT2D eigenvalue weighted by molar-refractivity contribution is 7.11. The van der Waals surface area contributed by atoms with Gasteiger partial charge < -0.3 is 10.1 Å². The first kappa shape index (κ1) is 13.5. The molecule has 16 heavy (non-hydrogen) atoms. The van der Waals surface area contributed by atoms with Crippen LogP contribution in [0.3, 0.4) is 0 Å². The van der Waals surface area contributed by atoms with Crippen LogP contribution in [-0.4, -0.2) is 30.4 Å². The molecule has 0 radical (unpaired) electrons. The predicted octanol–water partition coefficient (Wildman–Crippen LogP) is 1.86. The number of hydrogen-bond acceptors (Lipinski definition) is 5.